The fourth-order valence-electron chi connectivity index (χ4n) is 1.94. The Morgan fingerprint density at radius 2 is 0.864 bits per heavy atom. The maximum atomic E-state index is 10.9. The molecule has 0 radical (unpaired) electrons. The lowest BCUT2D eigenvalue weighted by atomic mass is 10.0. The Hall–Kier alpha value is -1.74. The molecule has 2 aromatic carbocycles. The molecule has 0 aromatic heterocycles. The summed E-state index contributed by atoms with van der Waals surface area (Å²) in [5, 5.41) is 0. The molecule has 2 rings (SSSR count). The van der Waals surface area contributed by atoms with Crippen LogP contribution in [0.1, 0.15) is 11.1 Å². The van der Waals surface area contributed by atoms with Crippen LogP contribution in [0.4, 0.5) is 0 Å². The molecule has 0 unspecified atom stereocenters. The molecule has 0 heterocycles. The van der Waals surface area contributed by atoms with Gasteiger partial charge >= 0.3 is 0 Å². The van der Waals surface area contributed by atoms with Crippen LogP contribution in [0.5, 0.6) is 0 Å². The van der Waals surface area contributed by atoms with Crippen molar-refractivity contribution in [3.63, 3.8) is 0 Å². The van der Waals surface area contributed by atoms with E-state index in [-0.39, 0.29) is 9.79 Å². The number of hydrogen-bond acceptors (Lipinski definition) is 4. The zero-order valence-electron chi connectivity index (χ0n) is 11.4. The van der Waals surface area contributed by atoms with Gasteiger partial charge in [-0.1, -0.05) is 24.3 Å². The van der Waals surface area contributed by atoms with Crippen LogP contribution in [-0.2, 0) is 33.1 Å². The molecule has 2 N–H and O–H groups in total. The Kier molecular flexibility index (Phi) is 4.66. The largest absolute Gasteiger partial charge is 0.294 e. The molecular formula is C14H14O6S2. The first kappa shape index (κ1) is 16.6. The quantitative estimate of drug-likeness (QED) is 0.804. The number of aryl methyl sites for hydroxylation is 2. The maximum Gasteiger partial charge on any atom is 0.294 e. The van der Waals surface area contributed by atoms with Gasteiger partial charge in [0.1, 0.15) is 0 Å². The first-order chi connectivity index (χ1) is 10.2. The Morgan fingerprint density at radius 1 is 0.591 bits per heavy atom. The van der Waals surface area contributed by atoms with Crippen LogP contribution in [0.3, 0.4) is 0 Å². The second kappa shape index (κ2) is 6.17. The molecule has 0 amide bonds. The normalized spacial score (nSPS) is 12.3. The Bertz CT molecular complexity index is 775. The van der Waals surface area contributed by atoms with Gasteiger partial charge in [-0.15, -0.1) is 0 Å². The van der Waals surface area contributed by atoms with E-state index in [1.165, 1.54) is 24.3 Å². The highest BCUT2D eigenvalue weighted by molar-refractivity contribution is 7.86. The van der Waals surface area contributed by atoms with Crippen LogP contribution >= 0.6 is 0 Å². The lowest BCUT2D eigenvalue weighted by Gasteiger charge is -2.04. The van der Waals surface area contributed by atoms with Crippen molar-refractivity contribution in [2.45, 2.75) is 22.6 Å². The zero-order valence-corrected chi connectivity index (χ0v) is 13.0. The van der Waals surface area contributed by atoms with Crippen LogP contribution in [0, 0.1) is 0 Å². The summed E-state index contributed by atoms with van der Waals surface area (Å²) < 4.78 is 61.5. The van der Waals surface area contributed by atoms with E-state index in [9.17, 15) is 16.8 Å². The van der Waals surface area contributed by atoms with Crippen molar-refractivity contribution in [2.75, 3.05) is 0 Å². The van der Waals surface area contributed by atoms with E-state index in [0.29, 0.717) is 12.8 Å². The van der Waals surface area contributed by atoms with Crippen molar-refractivity contribution in [2.24, 2.45) is 0 Å². The van der Waals surface area contributed by atoms with Gasteiger partial charge in [0, 0.05) is 0 Å². The predicted octanol–water partition coefficient (Wildman–Crippen LogP) is 1.97. The molecule has 0 aliphatic carbocycles. The zero-order chi connectivity index (χ0) is 16.4. The van der Waals surface area contributed by atoms with Gasteiger partial charge in [-0.2, -0.15) is 16.8 Å². The fraction of sp³-hybridized carbons (Fsp3) is 0.143. The van der Waals surface area contributed by atoms with Gasteiger partial charge < -0.3 is 0 Å². The minimum atomic E-state index is -4.19. The predicted molar refractivity (Wildman–Crippen MR) is 79.9 cm³/mol. The summed E-state index contributed by atoms with van der Waals surface area (Å²) in [4.78, 5) is -0.317. The molecule has 0 aliphatic rings. The van der Waals surface area contributed by atoms with Gasteiger partial charge in [0.2, 0.25) is 0 Å². The van der Waals surface area contributed by atoms with E-state index in [4.69, 9.17) is 9.11 Å². The number of hydrogen-bond donors (Lipinski definition) is 2. The van der Waals surface area contributed by atoms with E-state index in [2.05, 4.69) is 0 Å². The van der Waals surface area contributed by atoms with Crippen molar-refractivity contribution in [3.05, 3.63) is 59.7 Å². The minimum absolute atomic E-state index is 0.159. The topological polar surface area (TPSA) is 109 Å². The smallest absolute Gasteiger partial charge is 0.282 e. The van der Waals surface area contributed by atoms with Crippen molar-refractivity contribution in [1.29, 1.82) is 0 Å². The molecule has 0 saturated carbocycles. The fourth-order valence-corrected chi connectivity index (χ4v) is 2.90. The van der Waals surface area contributed by atoms with E-state index in [1.54, 1.807) is 24.3 Å². The molecule has 0 atom stereocenters. The van der Waals surface area contributed by atoms with Crippen LogP contribution in [-0.4, -0.2) is 25.9 Å². The highest BCUT2D eigenvalue weighted by atomic mass is 32.2. The SMILES string of the molecule is O=S(=O)(O)c1ccc(CCc2ccc(S(=O)(=O)O)cc2)cc1. The monoisotopic (exact) mass is 342 g/mol. The van der Waals surface area contributed by atoms with Gasteiger partial charge in [0.15, 0.2) is 0 Å². The molecule has 0 aliphatic heterocycles. The molecule has 0 spiro atoms. The molecule has 22 heavy (non-hydrogen) atoms. The van der Waals surface area contributed by atoms with Crippen LogP contribution < -0.4 is 0 Å². The van der Waals surface area contributed by atoms with Crippen molar-refractivity contribution >= 4 is 20.2 Å². The molecule has 8 heteroatoms. The van der Waals surface area contributed by atoms with Crippen LogP contribution in [0.25, 0.3) is 0 Å². The Labute approximate surface area is 128 Å². The first-order valence-electron chi connectivity index (χ1n) is 6.29. The average Bonchev–Trinajstić information content (AvgIpc) is 2.44. The lowest BCUT2D eigenvalue weighted by Crippen LogP contribution is -1.99. The minimum Gasteiger partial charge on any atom is -0.282 e. The van der Waals surface area contributed by atoms with Gasteiger partial charge in [0.05, 0.1) is 9.79 Å². The Balaban J connectivity index is 2.04. The van der Waals surface area contributed by atoms with E-state index >= 15 is 0 Å². The first-order valence-corrected chi connectivity index (χ1v) is 9.17. The number of benzene rings is 2. The van der Waals surface area contributed by atoms with E-state index in [1.807, 2.05) is 0 Å². The number of rotatable bonds is 5. The van der Waals surface area contributed by atoms with Crippen LogP contribution in [0.2, 0.25) is 0 Å². The second-order valence-electron chi connectivity index (χ2n) is 4.74. The summed E-state index contributed by atoms with van der Waals surface area (Å²) in [6, 6.07) is 11.7. The highest BCUT2D eigenvalue weighted by Crippen LogP contribution is 2.14. The van der Waals surface area contributed by atoms with Gasteiger partial charge in [0.25, 0.3) is 20.2 Å². The third kappa shape index (κ3) is 4.38. The summed E-state index contributed by atoms with van der Waals surface area (Å²) in [6.45, 7) is 0. The van der Waals surface area contributed by atoms with Crippen molar-refractivity contribution < 1.29 is 25.9 Å². The molecule has 118 valence electrons. The third-order valence-corrected chi connectivity index (χ3v) is 4.88. The molecule has 0 fully saturated rings. The van der Waals surface area contributed by atoms with Gasteiger partial charge in [-0.25, -0.2) is 0 Å². The average molecular weight is 342 g/mol. The third-order valence-electron chi connectivity index (χ3n) is 3.14. The van der Waals surface area contributed by atoms with Crippen molar-refractivity contribution in [1.82, 2.24) is 0 Å². The van der Waals surface area contributed by atoms with E-state index < -0.39 is 20.2 Å². The standard InChI is InChI=1S/C14H14O6S2/c15-21(16,17)13-7-3-11(4-8-13)1-2-12-5-9-14(10-6-12)22(18,19)20/h3-10H,1-2H2,(H,15,16,17)(H,18,19,20). The maximum absolute atomic E-state index is 10.9. The van der Waals surface area contributed by atoms with Gasteiger partial charge in [-0.3, -0.25) is 9.11 Å². The molecular weight excluding hydrogens is 328 g/mol. The van der Waals surface area contributed by atoms with Crippen LogP contribution in [0.15, 0.2) is 58.3 Å². The summed E-state index contributed by atoms with van der Waals surface area (Å²) in [6.07, 6.45) is 1.24. The van der Waals surface area contributed by atoms with Crippen molar-refractivity contribution in [3.8, 4) is 0 Å². The summed E-state index contributed by atoms with van der Waals surface area (Å²) in [5.74, 6) is 0. The summed E-state index contributed by atoms with van der Waals surface area (Å²) >= 11 is 0. The highest BCUT2D eigenvalue weighted by Gasteiger charge is 2.09. The summed E-state index contributed by atoms with van der Waals surface area (Å²) in [7, 11) is -8.37. The second-order valence-corrected chi connectivity index (χ2v) is 7.58. The molecule has 0 bridgehead atoms. The Morgan fingerprint density at radius 3 is 1.09 bits per heavy atom. The summed E-state index contributed by atoms with van der Waals surface area (Å²) in [5.41, 5.74) is 1.76. The molecule has 6 nitrogen and oxygen atoms in total. The molecule has 2 aromatic rings. The van der Waals surface area contributed by atoms with Gasteiger partial charge in [-0.05, 0) is 48.2 Å². The molecule has 0 saturated heterocycles. The van der Waals surface area contributed by atoms with E-state index in [0.717, 1.165) is 11.1 Å². The lowest BCUT2D eigenvalue weighted by molar-refractivity contribution is 0.481.